The molecule has 0 fully saturated rings. The number of rotatable bonds is 17. The number of H-pyrrole nitrogens is 2. The van der Waals surface area contributed by atoms with E-state index in [1.807, 2.05) is 30.6 Å². The van der Waals surface area contributed by atoms with Gasteiger partial charge in [0.25, 0.3) is 0 Å². The predicted molar refractivity (Wildman–Crippen MR) is 219 cm³/mol. The number of unbranched alkanes of at least 4 members (excludes halogenated alkanes) is 3. The minimum absolute atomic E-state index is 0.257. The van der Waals surface area contributed by atoms with Gasteiger partial charge >= 0.3 is 0 Å². The summed E-state index contributed by atoms with van der Waals surface area (Å²) >= 11 is 0. The van der Waals surface area contributed by atoms with Crippen molar-refractivity contribution in [2.45, 2.75) is 59.0 Å². The summed E-state index contributed by atoms with van der Waals surface area (Å²) in [4.78, 5) is 16.3. The molecule has 6 nitrogen and oxygen atoms in total. The topological polar surface area (TPSA) is 63.8 Å². The summed E-state index contributed by atoms with van der Waals surface area (Å²) in [6.07, 6.45) is 9.54. The number of hydrazine groups is 1. The summed E-state index contributed by atoms with van der Waals surface area (Å²) in [6, 6.07) is 43.2. The zero-order valence-corrected chi connectivity index (χ0v) is 31.3. The molecule has 7 rings (SSSR count). The van der Waals surface area contributed by atoms with Crippen LogP contribution in [0.15, 0.2) is 140 Å². The van der Waals surface area contributed by atoms with Crippen LogP contribution in [0, 0.1) is 12.7 Å². The Labute approximate surface area is 318 Å². The Hall–Kier alpha value is -5.63. The number of benzene rings is 5. The van der Waals surface area contributed by atoms with Gasteiger partial charge in [0, 0.05) is 37.3 Å². The zero-order valence-electron chi connectivity index (χ0n) is 31.3. The van der Waals surface area contributed by atoms with E-state index in [0.717, 1.165) is 84.3 Å². The number of aromatic amines is 2. The van der Waals surface area contributed by atoms with Gasteiger partial charge in [-0.1, -0.05) is 123 Å². The Morgan fingerprint density at radius 2 is 1.09 bits per heavy atom. The standard InChI is InChI=1S/C47H49FN6/c1-3-4-5-9-27-53(33-37-12-10-16-41(29-37)44-31-49-46(51-44)39-14-7-6-8-15-39)54(28-26-36-20-18-35(2)19-21-36)34-38-13-11-17-42(30-38)45-32-50-47(52-45)40-22-24-43(48)25-23-40/h6-8,10-25,29-32H,3-5,9,26-28,33-34H2,1-2H3,(H,49,51)(H,50,52). The highest BCUT2D eigenvalue weighted by molar-refractivity contribution is 5.66. The molecular weight excluding hydrogens is 668 g/mol. The molecule has 0 amide bonds. The molecule has 54 heavy (non-hydrogen) atoms. The molecule has 0 saturated carbocycles. The van der Waals surface area contributed by atoms with Crippen LogP contribution in [-0.2, 0) is 19.5 Å². The molecule has 0 unspecified atom stereocenters. The number of hydrogen-bond acceptors (Lipinski definition) is 4. The lowest BCUT2D eigenvalue weighted by Crippen LogP contribution is -2.43. The monoisotopic (exact) mass is 716 g/mol. The van der Waals surface area contributed by atoms with Gasteiger partial charge in [-0.25, -0.2) is 24.4 Å². The van der Waals surface area contributed by atoms with Crippen LogP contribution >= 0.6 is 0 Å². The summed E-state index contributed by atoms with van der Waals surface area (Å²) in [7, 11) is 0. The summed E-state index contributed by atoms with van der Waals surface area (Å²) in [6.45, 7) is 7.85. The number of hydrogen-bond donors (Lipinski definition) is 2. The molecule has 5 aromatic carbocycles. The van der Waals surface area contributed by atoms with Gasteiger partial charge in [-0.2, -0.15) is 0 Å². The van der Waals surface area contributed by atoms with Gasteiger partial charge in [-0.3, -0.25) is 0 Å². The molecule has 2 N–H and O–H groups in total. The third-order valence-corrected chi connectivity index (χ3v) is 9.97. The SMILES string of the molecule is CCCCCCN(Cc1cccc(-c2cnc(-c3ccccc3)[nH]2)c1)N(CCc1ccc(C)cc1)Cc1cccc(-c2cnc(-c3ccc(F)cc3)[nH]2)c1. The highest BCUT2D eigenvalue weighted by Gasteiger charge is 2.18. The predicted octanol–water partition coefficient (Wildman–Crippen LogP) is 11.3. The number of nitrogens with zero attached hydrogens (tertiary/aromatic N) is 4. The van der Waals surface area contributed by atoms with E-state index in [4.69, 9.17) is 4.98 Å². The van der Waals surface area contributed by atoms with Crippen molar-refractivity contribution < 1.29 is 4.39 Å². The van der Waals surface area contributed by atoms with Crippen molar-refractivity contribution in [1.82, 2.24) is 30.0 Å². The quantitative estimate of drug-likeness (QED) is 0.0727. The van der Waals surface area contributed by atoms with Crippen molar-refractivity contribution in [2.24, 2.45) is 0 Å². The van der Waals surface area contributed by atoms with Gasteiger partial charge in [0.1, 0.15) is 17.5 Å². The molecule has 0 atom stereocenters. The number of nitrogens with one attached hydrogen (secondary N) is 2. The first-order valence-electron chi connectivity index (χ1n) is 19.2. The highest BCUT2D eigenvalue weighted by Crippen LogP contribution is 2.26. The van der Waals surface area contributed by atoms with Crippen molar-refractivity contribution in [1.29, 1.82) is 0 Å². The summed E-state index contributed by atoms with van der Waals surface area (Å²) < 4.78 is 13.6. The lowest BCUT2D eigenvalue weighted by molar-refractivity contribution is -0.0417. The van der Waals surface area contributed by atoms with Gasteiger partial charge in [-0.05, 0) is 84.0 Å². The van der Waals surface area contributed by atoms with E-state index < -0.39 is 0 Å². The number of halogens is 1. The van der Waals surface area contributed by atoms with Crippen molar-refractivity contribution in [3.63, 3.8) is 0 Å². The fourth-order valence-electron chi connectivity index (χ4n) is 6.90. The second-order valence-electron chi connectivity index (χ2n) is 14.1. The van der Waals surface area contributed by atoms with Crippen LogP contribution in [0.3, 0.4) is 0 Å². The number of imidazole rings is 2. The van der Waals surface area contributed by atoms with Crippen LogP contribution < -0.4 is 0 Å². The smallest absolute Gasteiger partial charge is 0.137 e. The van der Waals surface area contributed by atoms with E-state index in [9.17, 15) is 4.39 Å². The van der Waals surface area contributed by atoms with Gasteiger partial charge in [0.15, 0.2) is 0 Å². The second kappa shape index (κ2) is 17.9. The van der Waals surface area contributed by atoms with E-state index in [2.05, 4.69) is 124 Å². The highest BCUT2D eigenvalue weighted by atomic mass is 19.1. The van der Waals surface area contributed by atoms with Crippen molar-refractivity contribution in [3.05, 3.63) is 168 Å². The second-order valence-corrected chi connectivity index (χ2v) is 14.1. The van der Waals surface area contributed by atoms with Crippen molar-refractivity contribution in [3.8, 4) is 45.3 Å². The summed E-state index contributed by atoms with van der Waals surface area (Å²) in [5.74, 6) is 1.34. The Kier molecular flexibility index (Phi) is 12.2. The van der Waals surface area contributed by atoms with E-state index in [0.29, 0.717) is 0 Å². The normalized spacial score (nSPS) is 11.5. The summed E-state index contributed by atoms with van der Waals surface area (Å²) in [5.41, 5.74) is 11.2. The van der Waals surface area contributed by atoms with Crippen molar-refractivity contribution in [2.75, 3.05) is 13.1 Å². The van der Waals surface area contributed by atoms with E-state index in [1.54, 1.807) is 12.1 Å². The first-order valence-corrected chi connectivity index (χ1v) is 19.2. The first-order chi connectivity index (χ1) is 26.5. The zero-order chi connectivity index (χ0) is 37.1. The first kappa shape index (κ1) is 36.7. The maximum Gasteiger partial charge on any atom is 0.137 e. The van der Waals surface area contributed by atoms with Gasteiger partial charge in [0.05, 0.1) is 23.8 Å². The molecule has 2 heterocycles. The molecular formula is C47H49FN6. The van der Waals surface area contributed by atoms with Crippen LogP contribution in [0.1, 0.15) is 54.9 Å². The van der Waals surface area contributed by atoms with Crippen molar-refractivity contribution >= 4 is 0 Å². The molecule has 274 valence electrons. The third-order valence-electron chi connectivity index (χ3n) is 9.97. The molecule has 7 aromatic rings. The molecule has 0 bridgehead atoms. The van der Waals surface area contributed by atoms with Gasteiger partial charge < -0.3 is 9.97 Å². The Morgan fingerprint density at radius 1 is 0.537 bits per heavy atom. The van der Waals surface area contributed by atoms with Gasteiger partial charge in [0.2, 0.25) is 0 Å². The van der Waals surface area contributed by atoms with Crippen LogP contribution in [0.4, 0.5) is 4.39 Å². The average molecular weight is 717 g/mol. The fourth-order valence-corrected chi connectivity index (χ4v) is 6.90. The minimum atomic E-state index is -0.257. The average Bonchev–Trinajstić information content (AvgIpc) is 3.91. The van der Waals surface area contributed by atoms with Crippen LogP contribution in [0.5, 0.6) is 0 Å². The van der Waals surface area contributed by atoms with Crippen LogP contribution in [0.2, 0.25) is 0 Å². The van der Waals surface area contributed by atoms with E-state index in [-0.39, 0.29) is 5.82 Å². The molecule has 0 radical (unpaired) electrons. The van der Waals surface area contributed by atoms with Crippen LogP contribution in [0.25, 0.3) is 45.3 Å². The molecule has 2 aromatic heterocycles. The number of aryl methyl sites for hydroxylation is 1. The van der Waals surface area contributed by atoms with E-state index >= 15 is 0 Å². The third kappa shape index (κ3) is 9.67. The summed E-state index contributed by atoms with van der Waals surface area (Å²) in [5, 5.41) is 5.12. The number of aromatic nitrogens is 4. The van der Waals surface area contributed by atoms with Crippen LogP contribution in [-0.4, -0.2) is 43.0 Å². The lowest BCUT2D eigenvalue weighted by atomic mass is 10.1. The van der Waals surface area contributed by atoms with E-state index in [1.165, 1.54) is 53.6 Å². The fraction of sp³-hybridized carbons (Fsp3) is 0.234. The minimum Gasteiger partial charge on any atom is -0.338 e. The molecule has 0 aliphatic heterocycles. The lowest BCUT2D eigenvalue weighted by Gasteiger charge is -2.36. The molecule has 7 heteroatoms. The Balaban J connectivity index is 1.15. The maximum atomic E-state index is 13.6. The largest absolute Gasteiger partial charge is 0.338 e. The molecule has 0 spiro atoms. The molecule has 0 aliphatic carbocycles. The molecule has 0 saturated heterocycles. The Morgan fingerprint density at radius 3 is 1.69 bits per heavy atom. The Bertz CT molecular complexity index is 2200. The van der Waals surface area contributed by atoms with Gasteiger partial charge in [-0.15, -0.1) is 0 Å². The molecule has 0 aliphatic rings. The maximum absolute atomic E-state index is 13.6.